The van der Waals surface area contributed by atoms with E-state index in [2.05, 4.69) is 0 Å². The molecule has 2 aromatic rings. The van der Waals surface area contributed by atoms with Crippen LogP contribution in [-0.4, -0.2) is 40.9 Å². The minimum absolute atomic E-state index is 0.0818. The Balaban J connectivity index is 1.69. The van der Waals surface area contributed by atoms with E-state index in [0.717, 1.165) is 22.3 Å². The third-order valence-corrected chi connectivity index (χ3v) is 4.45. The molecule has 2 atom stereocenters. The van der Waals surface area contributed by atoms with Gasteiger partial charge in [-0.05, 0) is 22.3 Å². The Labute approximate surface area is 144 Å². The number of carbonyl (C=O) groups excluding carboxylic acids is 1. The maximum Gasteiger partial charge on any atom is 0.323 e. The summed E-state index contributed by atoms with van der Waals surface area (Å²) < 4.78 is 5.29. The van der Waals surface area contributed by atoms with E-state index in [-0.39, 0.29) is 12.5 Å². The molecule has 0 radical (unpaired) electrons. The minimum atomic E-state index is -1.51. The summed E-state index contributed by atoms with van der Waals surface area (Å²) in [5.41, 5.74) is 9.70. The lowest BCUT2D eigenvalue weighted by Gasteiger charge is -2.17. The quantitative estimate of drug-likeness (QED) is 0.687. The second-order valence-corrected chi connectivity index (χ2v) is 6.05. The first-order valence-electron chi connectivity index (χ1n) is 7.99. The molecule has 0 spiro atoms. The van der Waals surface area contributed by atoms with Crippen molar-refractivity contribution in [1.82, 2.24) is 0 Å². The fraction of sp³-hybridized carbons (Fsp3) is 0.263. The van der Waals surface area contributed by atoms with Gasteiger partial charge in [0.25, 0.3) is 0 Å². The number of carboxylic acids is 1. The molecule has 0 saturated heterocycles. The van der Waals surface area contributed by atoms with Gasteiger partial charge < -0.3 is 20.7 Å². The van der Waals surface area contributed by atoms with Crippen LogP contribution in [0.5, 0.6) is 0 Å². The van der Waals surface area contributed by atoms with Crippen molar-refractivity contribution in [2.24, 2.45) is 5.73 Å². The number of benzene rings is 2. The zero-order valence-electron chi connectivity index (χ0n) is 13.5. The predicted molar refractivity (Wildman–Crippen MR) is 90.9 cm³/mol. The molecule has 0 amide bonds. The highest BCUT2D eigenvalue weighted by Crippen LogP contribution is 2.44. The van der Waals surface area contributed by atoms with Gasteiger partial charge in [0.15, 0.2) is 0 Å². The SMILES string of the molecule is N[C@H](C(=O)O)[C@H](O)CC(=O)OCC1c2ccccc2-c2ccccc21. The molecule has 0 bridgehead atoms. The second-order valence-electron chi connectivity index (χ2n) is 6.05. The summed E-state index contributed by atoms with van der Waals surface area (Å²) >= 11 is 0. The molecule has 6 heteroatoms. The molecule has 6 nitrogen and oxygen atoms in total. The molecule has 1 aliphatic carbocycles. The number of hydrogen-bond acceptors (Lipinski definition) is 5. The van der Waals surface area contributed by atoms with Crippen LogP contribution in [0.4, 0.5) is 0 Å². The number of aliphatic hydroxyl groups is 1. The molecule has 130 valence electrons. The Morgan fingerprint density at radius 2 is 1.56 bits per heavy atom. The highest BCUT2D eigenvalue weighted by Gasteiger charge is 2.30. The van der Waals surface area contributed by atoms with Crippen molar-refractivity contribution in [3.05, 3.63) is 59.7 Å². The summed E-state index contributed by atoms with van der Waals surface area (Å²) in [6.07, 6.45) is -1.93. The highest BCUT2D eigenvalue weighted by molar-refractivity contribution is 5.79. The molecule has 0 heterocycles. The van der Waals surface area contributed by atoms with E-state index < -0.39 is 30.5 Å². The number of aliphatic hydroxyl groups excluding tert-OH is 1. The normalized spacial score (nSPS) is 15.1. The molecular weight excluding hydrogens is 322 g/mol. The van der Waals surface area contributed by atoms with Gasteiger partial charge in [0.2, 0.25) is 0 Å². The van der Waals surface area contributed by atoms with Crippen LogP contribution >= 0.6 is 0 Å². The lowest BCUT2D eigenvalue weighted by atomic mass is 9.98. The third-order valence-electron chi connectivity index (χ3n) is 4.45. The van der Waals surface area contributed by atoms with Crippen LogP contribution < -0.4 is 5.73 Å². The summed E-state index contributed by atoms with van der Waals surface area (Å²) in [6, 6.07) is 14.4. The van der Waals surface area contributed by atoms with Crippen molar-refractivity contribution >= 4 is 11.9 Å². The number of ether oxygens (including phenoxy) is 1. The summed E-state index contributed by atoms with van der Waals surface area (Å²) in [4.78, 5) is 22.7. The monoisotopic (exact) mass is 341 g/mol. The average molecular weight is 341 g/mol. The van der Waals surface area contributed by atoms with Gasteiger partial charge in [0.05, 0.1) is 12.5 Å². The van der Waals surface area contributed by atoms with Crippen LogP contribution in [0.1, 0.15) is 23.5 Å². The van der Waals surface area contributed by atoms with Gasteiger partial charge in [-0.3, -0.25) is 9.59 Å². The fourth-order valence-electron chi connectivity index (χ4n) is 3.14. The zero-order valence-corrected chi connectivity index (χ0v) is 13.5. The molecule has 0 unspecified atom stereocenters. The van der Waals surface area contributed by atoms with Gasteiger partial charge in [-0.1, -0.05) is 48.5 Å². The van der Waals surface area contributed by atoms with Gasteiger partial charge in [-0.2, -0.15) is 0 Å². The van der Waals surface area contributed by atoms with E-state index in [1.165, 1.54) is 0 Å². The topological polar surface area (TPSA) is 110 Å². The van der Waals surface area contributed by atoms with Crippen molar-refractivity contribution in [1.29, 1.82) is 0 Å². The molecular formula is C19H19NO5. The number of nitrogens with two attached hydrogens (primary N) is 1. The summed E-state index contributed by atoms with van der Waals surface area (Å²) in [5, 5.41) is 18.4. The summed E-state index contributed by atoms with van der Waals surface area (Å²) in [6.45, 7) is 0.127. The van der Waals surface area contributed by atoms with Gasteiger partial charge in [0, 0.05) is 5.92 Å². The van der Waals surface area contributed by atoms with Gasteiger partial charge in [-0.25, -0.2) is 0 Å². The summed E-state index contributed by atoms with van der Waals surface area (Å²) in [7, 11) is 0. The first-order chi connectivity index (χ1) is 12.0. The maximum atomic E-state index is 11.9. The largest absolute Gasteiger partial charge is 0.480 e. The summed E-state index contributed by atoms with van der Waals surface area (Å²) in [5.74, 6) is -2.12. The molecule has 25 heavy (non-hydrogen) atoms. The minimum Gasteiger partial charge on any atom is -0.480 e. The number of esters is 1. The Hall–Kier alpha value is -2.70. The van der Waals surface area contributed by atoms with E-state index >= 15 is 0 Å². The Morgan fingerprint density at radius 3 is 2.08 bits per heavy atom. The third kappa shape index (κ3) is 3.40. The van der Waals surface area contributed by atoms with Crippen LogP contribution in [0, 0.1) is 0 Å². The lowest BCUT2D eigenvalue weighted by Crippen LogP contribution is -2.43. The first kappa shape index (κ1) is 17.1. The molecule has 1 aliphatic rings. The van der Waals surface area contributed by atoms with Crippen LogP contribution in [0.15, 0.2) is 48.5 Å². The molecule has 0 saturated carbocycles. The van der Waals surface area contributed by atoms with Crippen molar-refractivity contribution in [3.63, 3.8) is 0 Å². The molecule has 4 N–H and O–H groups in total. The van der Waals surface area contributed by atoms with Crippen molar-refractivity contribution in [2.75, 3.05) is 6.61 Å². The van der Waals surface area contributed by atoms with E-state index in [0.29, 0.717) is 0 Å². The average Bonchev–Trinajstić information content (AvgIpc) is 2.93. The smallest absolute Gasteiger partial charge is 0.323 e. The first-order valence-corrected chi connectivity index (χ1v) is 7.99. The Kier molecular flexibility index (Phi) is 4.83. The highest BCUT2D eigenvalue weighted by atomic mass is 16.5. The Bertz CT molecular complexity index is 758. The van der Waals surface area contributed by atoms with E-state index in [9.17, 15) is 14.7 Å². The van der Waals surface area contributed by atoms with Crippen LogP contribution in [0.25, 0.3) is 11.1 Å². The number of rotatable bonds is 6. The fourth-order valence-corrected chi connectivity index (χ4v) is 3.14. The van der Waals surface area contributed by atoms with Crippen molar-refractivity contribution in [2.45, 2.75) is 24.5 Å². The zero-order chi connectivity index (χ0) is 18.0. The van der Waals surface area contributed by atoms with Crippen LogP contribution in [-0.2, 0) is 14.3 Å². The molecule has 0 fully saturated rings. The van der Waals surface area contributed by atoms with E-state index in [1.54, 1.807) is 0 Å². The molecule has 0 aromatic heterocycles. The number of carboxylic acid groups (broad SMARTS) is 1. The number of fused-ring (bicyclic) bond motifs is 3. The number of aliphatic carboxylic acids is 1. The number of carbonyl (C=O) groups is 2. The molecule has 0 aliphatic heterocycles. The molecule has 3 rings (SSSR count). The van der Waals surface area contributed by atoms with E-state index in [1.807, 2.05) is 48.5 Å². The lowest BCUT2D eigenvalue weighted by molar-refractivity contribution is -0.148. The number of hydrogen-bond donors (Lipinski definition) is 3. The maximum absolute atomic E-state index is 11.9. The van der Waals surface area contributed by atoms with Gasteiger partial charge >= 0.3 is 11.9 Å². The van der Waals surface area contributed by atoms with Gasteiger partial charge in [-0.15, -0.1) is 0 Å². The molecule has 2 aromatic carbocycles. The van der Waals surface area contributed by atoms with E-state index in [4.69, 9.17) is 15.6 Å². The predicted octanol–water partition coefficient (Wildman–Crippen LogP) is 1.51. The van der Waals surface area contributed by atoms with Crippen LogP contribution in [0.3, 0.4) is 0 Å². The standard InChI is InChI=1S/C19H19NO5/c20-18(19(23)24)16(21)9-17(22)25-10-15-13-7-3-1-5-11(13)12-6-2-4-8-14(12)15/h1-8,15-16,18,21H,9-10,20H2,(H,23,24)/t16-,18+/m1/s1. The Morgan fingerprint density at radius 1 is 1.04 bits per heavy atom. The van der Waals surface area contributed by atoms with Crippen molar-refractivity contribution in [3.8, 4) is 11.1 Å². The van der Waals surface area contributed by atoms with Crippen molar-refractivity contribution < 1.29 is 24.5 Å². The second kappa shape index (κ2) is 7.04. The van der Waals surface area contributed by atoms with Gasteiger partial charge in [0.1, 0.15) is 12.6 Å². The van der Waals surface area contributed by atoms with Crippen LogP contribution in [0.2, 0.25) is 0 Å².